The molecule has 2 unspecified atom stereocenters. The van der Waals surface area contributed by atoms with E-state index in [1.807, 2.05) is 0 Å². The Hall–Kier alpha value is -1.03. The second kappa shape index (κ2) is 6.53. The lowest BCUT2D eigenvalue weighted by atomic mass is 10.1. The first-order valence-electron chi connectivity index (χ1n) is 5.84. The summed E-state index contributed by atoms with van der Waals surface area (Å²) in [7, 11) is 1.42. The van der Waals surface area contributed by atoms with Crippen molar-refractivity contribution in [1.29, 1.82) is 0 Å². The van der Waals surface area contributed by atoms with Crippen LogP contribution in [0.1, 0.15) is 39.0 Å². The first-order chi connectivity index (χ1) is 7.69. The molecule has 0 saturated carbocycles. The molecule has 0 spiro atoms. The normalized spacial score (nSPS) is 21.6. The van der Waals surface area contributed by atoms with Crippen molar-refractivity contribution in [3.05, 3.63) is 11.8 Å². The number of hydrogen-bond acceptors (Lipinski definition) is 4. The first kappa shape index (κ1) is 13.0. The number of aliphatic hydroxyl groups is 1. The quantitative estimate of drug-likeness (QED) is 0.533. The van der Waals surface area contributed by atoms with Gasteiger partial charge in [-0.2, -0.15) is 0 Å². The van der Waals surface area contributed by atoms with Gasteiger partial charge < -0.3 is 14.6 Å². The van der Waals surface area contributed by atoms with Crippen LogP contribution >= 0.6 is 0 Å². The number of cyclic esters (lactones) is 1. The van der Waals surface area contributed by atoms with Crippen LogP contribution in [-0.4, -0.2) is 30.4 Å². The maximum atomic E-state index is 11.2. The van der Waals surface area contributed by atoms with Crippen LogP contribution in [0.4, 0.5) is 0 Å². The van der Waals surface area contributed by atoms with Gasteiger partial charge in [-0.1, -0.05) is 32.6 Å². The molecule has 0 fully saturated rings. The molecule has 0 amide bonds. The minimum atomic E-state index is -0.617. The van der Waals surface area contributed by atoms with Crippen LogP contribution in [0.2, 0.25) is 0 Å². The molecule has 0 aromatic carbocycles. The van der Waals surface area contributed by atoms with Crippen molar-refractivity contribution in [3.8, 4) is 0 Å². The monoisotopic (exact) mass is 228 g/mol. The highest BCUT2D eigenvalue weighted by molar-refractivity contribution is 5.88. The lowest BCUT2D eigenvalue weighted by molar-refractivity contribution is -0.146. The van der Waals surface area contributed by atoms with E-state index < -0.39 is 18.2 Å². The summed E-state index contributed by atoms with van der Waals surface area (Å²) in [5, 5.41) is 9.80. The van der Waals surface area contributed by atoms with E-state index in [0.717, 1.165) is 12.8 Å². The van der Waals surface area contributed by atoms with Crippen LogP contribution in [0, 0.1) is 0 Å². The van der Waals surface area contributed by atoms with Gasteiger partial charge in [-0.3, -0.25) is 0 Å². The zero-order valence-corrected chi connectivity index (χ0v) is 9.94. The Bertz CT molecular complexity index is 260. The fourth-order valence-electron chi connectivity index (χ4n) is 1.72. The van der Waals surface area contributed by atoms with Crippen molar-refractivity contribution in [2.45, 2.75) is 51.2 Å². The second-order valence-corrected chi connectivity index (χ2v) is 4.02. The van der Waals surface area contributed by atoms with E-state index in [1.165, 1.54) is 20.0 Å². The van der Waals surface area contributed by atoms with Gasteiger partial charge in [-0.15, -0.1) is 0 Å². The molecule has 1 aliphatic heterocycles. The van der Waals surface area contributed by atoms with Gasteiger partial charge in [0.05, 0.1) is 13.2 Å². The molecule has 1 aliphatic rings. The molecule has 2 atom stereocenters. The number of carbonyl (C=O) groups excluding carboxylic acids is 1. The molecule has 0 saturated heterocycles. The third kappa shape index (κ3) is 3.52. The van der Waals surface area contributed by atoms with Gasteiger partial charge in [0.2, 0.25) is 5.76 Å². The van der Waals surface area contributed by atoms with Gasteiger partial charge in [-0.25, -0.2) is 4.79 Å². The number of aliphatic hydroxyl groups excluding tert-OH is 1. The molecule has 1 heterocycles. The number of esters is 1. The van der Waals surface area contributed by atoms with Crippen LogP contribution in [-0.2, 0) is 14.3 Å². The third-order valence-corrected chi connectivity index (χ3v) is 2.71. The lowest BCUT2D eigenvalue weighted by Crippen LogP contribution is -2.25. The van der Waals surface area contributed by atoms with E-state index in [-0.39, 0.29) is 5.76 Å². The van der Waals surface area contributed by atoms with Crippen molar-refractivity contribution in [2.75, 3.05) is 7.11 Å². The van der Waals surface area contributed by atoms with Crippen molar-refractivity contribution in [2.24, 2.45) is 0 Å². The van der Waals surface area contributed by atoms with Crippen molar-refractivity contribution >= 4 is 5.97 Å². The van der Waals surface area contributed by atoms with Crippen LogP contribution in [0.3, 0.4) is 0 Å². The molecule has 4 nitrogen and oxygen atoms in total. The minimum Gasteiger partial charge on any atom is -0.490 e. The van der Waals surface area contributed by atoms with E-state index >= 15 is 0 Å². The summed E-state index contributed by atoms with van der Waals surface area (Å²) in [6.45, 7) is 2.14. The second-order valence-electron chi connectivity index (χ2n) is 4.02. The van der Waals surface area contributed by atoms with Crippen molar-refractivity contribution in [1.82, 2.24) is 0 Å². The predicted molar refractivity (Wildman–Crippen MR) is 59.7 cm³/mol. The molecule has 1 rings (SSSR count). The fraction of sp³-hybridized carbons (Fsp3) is 0.750. The summed E-state index contributed by atoms with van der Waals surface area (Å²) in [5.41, 5.74) is 0. The van der Waals surface area contributed by atoms with E-state index in [2.05, 4.69) is 6.92 Å². The molecule has 1 N–H and O–H groups in total. The number of unbranched alkanes of at least 4 members (excludes halogenated alkanes) is 3. The molecule has 0 aliphatic carbocycles. The van der Waals surface area contributed by atoms with Crippen molar-refractivity contribution < 1.29 is 19.4 Å². The zero-order chi connectivity index (χ0) is 12.0. The molecule has 16 heavy (non-hydrogen) atoms. The Labute approximate surface area is 96.2 Å². The fourth-order valence-corrected chi connectivity index (χ4v) is 1.72. The average Bonchev–Trinajstić information content (AvgIpc) is 2.66. The molecular weight excluding hydrogens is 208 g/mol. The summed E-state index contributed by atoms with van der Waals surface area (Å²) in [6, 6.07) is 0. The highest BCUT2D eigenvalue weighted by Gasteiger charge is 2.31. The SMILES string of the molecule is CCCCCCC(O)C1C=C(OC)C(=O)O1. The van der Waals surface area contributed by atoms with Gasteiger partial charge in [0.1, 0.15) is 0 Å². The van der Waals surface area contributed by atoms with Crippen LogP contribution in [0.15, 0.2) is 11.8 Å². The summed E-state index contributed by atoms with van der Waals surface area (Å²) >= 11 is 0. The summed E-state index contributed by atoms with van der Waals surface area (Å²) < 4.78 is 9.80. The summed E-state index contributed by atoms with van der Waals surface area (Å²) in [5.74, 6) is -0.294. The van der Waals surface area contributed by atoms with Crippen LogP contribution in [0.25, 0.3) is 0 Å². The Balaban J connectivity index is 2.30. The van der Waals surface area contributed by atoms with Crippen LogP contribution < -0.4 is 0 Å². The van der Waals surface area contributed by atoms with E-state index in [1.54, 1.807) is 6.08 Å². The number of carbonyl (C=O) groups is 1. The van der Waals surface area contributed by atoms with Gasteiger partial charge in [0.15, 0.2) is 6.10 Å². The molecule has 0 radical (unpaired) electrons. The molecule has 0 aromatic rings. The third-order valence-electron chi connectivity index (χ3n) is 2.71. The topological polar surface area (TPSA) is 55.8 Å². The molecule has 4 heteroatoms. The zero-order valence-electron chi connectivity index (χ0n) is 9.94. The summed E-state index contributed by atoms with van der Waals surface area (Å²) in [6.07, 6.45) is 5.46. The molecular formula is C12H20O4. The van der Waals surface area contributed by atoms with Crippen LogP contribution in [0.5, 0.6) is 0 Å². The van der Waals surface area contributed by atoms with Gasteiger partial charge in [0.25, 0.3) is 0 Å². The predicted octanol–water partition coefficient (Wildman–Crippen LogP) is 1.77. The summed E-state index contributed by atoms with van der Waals surface area (Å²) in [4.78, 5) is 11.2. The van der Waals surface area contributed by atoms with E-state index in [0.29, 0.717) is 6.42 Å². The number of ether oxygens (including phenoxy) is 2. The lowest BCUT2D eigenvalue weighted by Gasteiger charge is -2.15. The minimum absolute atomic E-state index is 0.192. The largest absolute Gasteiger partial charge is 0.490 e. The Morgan fingerprint density at radius 1 is 1.50 bits per heavy atom. The average molecular weight is 228 g/mol. The smallest absolute Gasteiger partial charge is 0.374 e. The molecule has 92 valence electrons. The van der Waals surface area contributed by atoms with E-state index in [4.69, 9.17) is 9.47 Å². The van der Waals surface area contributed by atoms with Crippen molar-refractivity contribution in [3.63, 3.8) is 0 Å². The maximum Gasteiger partial charge on any atom is 0.374 e. The maximum absolute atomic E-state index is 11.2. The molecule has 0 bridgehead atoms. The number of methoxy groups -OCH3 is 1. The highest BCUT2D eigenvalue weighted by atomic mass is 16.6. The van der Waals surface area contributed by atoms with Gasteiger partial charge >= 0.3 is 5.97 Å². The van der Waals surface area contributed by atoms with Gasteiger partial charge in [-0.05, 0) is 6.42 Å². The Morgan fingerprint density at radius 3 is 2.81 bits per heavy atom. The Kier molecular flexibility index (Phi) is 5.32. The van der Waals surface area contributed by atoms with Gasteiger partial charge in [0, 0.05) is 6.08 Å². The first-order valence-corrected chi connectivity index (χ1v) is 5.84. The molecule has 0 aromatic heterocycles. The number of rotatable bonds is 7. The standard InChI is InChI=1S/C12H20O4/c1-3-4-5-6-7-9(13)10-8-11(15-2)12(14)16-10/h8-10,13H,3-7H2,1-2H3. The highest BCUT2D eigenvalue weighted by Crippen LogP contribution is 2.20. The number of hydrogen-bond donors (Lipinski definition) is 1. The van der Waals surface area contributed by atoms with E-state index in [9.17, 15) is 9.90 Å². The Morgan fingerprint density at radius 2 is 2.25 bits per heavy atom.